The molecule has 5 heteroatoms. The minimum absolute atomic E-state index is 0.302. The van der Waals surface area contributed by atoms with Crippen LogP contribution in [0.25, 0.3) is 0 Å². The number of nitrogens with one attached hydrogen (secondary N) is 1. The lowest BCUT2D eigenvalue weighted by Crippen LogP contribution is -2.23. The van der Waals surface area contributed by atoms with Crippen molar-refractivity contribution in [3.05, 3.63) is 60.2 Å². The van der Waals surface area contributed by atoms with Gasteiger partial charge in [0, 0.05) is 11.4 Å². The first-order valence-electron chi connectivity index (χ1n) is 6.53. The molecule has 0 saturated carbocycles. The number of ether oxygens (including phenoxy) is 1. The van der Waals surface area contributed by atoms with E-state index in [0.717, 1.165) is 16.2 Å². The molecular weight excluding hydrogens is 286 g/mol. The third-order valence-corrected chi connectivity index (χ3v) is 4.80. The molecular formula is C16H17NO3S. The lowest BCUT2D eigenvalue weighted by Gasteiger charge is -2.17. The Bertz CT molecular complexity index is 599. The van der Waals surface area contributed by atoms with Gasteiger partial charge in [-0.15, -0.1) is 0 Å². The normalized spacial score (nSPS) is 13.2. The van der Waals surface area contributed by atoms with Crippen LogP contribution in [0.2, 0.25) is 0 Å². The molecule has 2 rings (SSSR count). The average molecular weight is 303 g/mol. The molecule has 0 heterocycles. The summed E-state index contributed by atoms with van der Waals surface area (Å²) in [6.45, 7) is 0.317. The highest BCUT2D eigenvalue weighted by Gasteiger charge is 2.20. The van der Waals surface area contributed by atoms with Crippen molar-refractivity contribution in [2.75, 3.05) is 13.7 Å². The van der Waals surface area contributed by atoms with Crippen molar-refractivity contribution in [2.45, 2.75) is 10.1 Å². The van der Waals surface area contributed by atoms with E-state index in [-0.39, 0.29) is 5.25 Å². The Hall–Kier alpha value is -2.14. The minimum atomic E-state index is -1.24. The number of amides is 1. The van der Waals surface area contributed by atoms with Gasteiger partial charge in [-0.2, -0.15) is 0 Å². The maximum absolute atomic E-state index is 12.7. The highest BCUT2D eigenvalue weighted by atomic mass is 32.2. The maximum atomic E-state index is 12.7. The SMILES string of the molecule is COc1ccc(C(CNC=O)S(=O)c2ccccc2)cc1. The first kappa shape index (κ1) is 15.3. The third kappa shape index (κ3) is 3.92. The van der Waals surface area contributed by atoms with Gasteiger partial charge >= 0.3 is 0 Å². The van der Waals surface area contributed by atoms with Crippen LogP contribution in [0.5, 0.6) is 5.75 Å². The van der Waals surface area contributed by atoms with E-state index in [0.29, 0.717) is 13.0 Å². The average Bonchev–Trinajstić information content (AvgIpc) is 2.56. The van der Waals surface area contributed by atoms with Gasteiger partial charge in [-0.25, -0.2) is 0 Å². The second-order valence-electron chi connectivity index (χ2n) is 4.40. The van der Waals surface area contributed by atoms with E-state index in [9.17, 15) is 9.00 Å². The summed E-state index contributed by atoms with van der Waals surface area (Å²) in [6, 6.07) is 16.6. The van der Waals surface area contributed by atoms with Crippen molar-refractivity contribution < 1.29 is 13.7 Å². The van der Waals surface area contributed by atoms with E-state index in [1.165, 1.54) is 0 Å². The summed E-state index contributed by atoms with van der Waals surface area (Å²) in [6.07, 6.45) is 0.624. The molecule has 1 amide bonds. The second-order valence-corrected chi connectivity index (χ2v) is 6.03. The minimum Gasteiger partial charge on any atom is -0.497 e. The number of hydrogen-bond acceptors (Lipinski definition) is 3. The molecule has 0 saturated heterocycles. The topological polar surface area (TPSA) is 55.4 Å². The Kier molecular flexibility index (Phi) is 5.51. The quantitative estimate of drug-likeness (QED) is 0.799. The van der Waals surface area contributed by atoms with Gasteiger partial charge in [-0.05, 0) is 29.8 Å². The number of rotatable bonds is 7. The monoisotopic (exact) mass is 303 g/mol. The molecule has 2 aromatic carbocycles. The summed E-state index contributed by atoms with van der Waals surface area (Å²) < 4.78 is 17.9. The fourth-order valence-corrected chi connectivity index (χ4v) is 3.42. The second kappa shape index (κ2) is 7.59. The van der Waals surface area contributed by atoms with Gasteiger partial charge in [-0.1, -0.05) is 30.3 Å². The van der Waals surface area contributed by atoms with Gasteiger partial charge in [0.2, 0.25) is 6.41 Å². The molecule has 2 aromatic rings. The van der Waals surface area contributed by atoms with Gasteiger partial charge in [0.25, 0.3) is 0 Å². The van der Waals surface area contributed by atoms with Crippen molar-refractivity contribution in [1.82, 2.24) is 5.32 Å². The van der Waals surface area contributed by atoms with Gasteiger partial charge in [0.05, 0.1) is 23.2 Å². The van der Waals surface area contributed by atoms with E-state index in [1.807, 2.05) is 54.6 Å². The first-order valence-corrected chi connectivity index (χ1v) is 7.74. The smallest absolute Gasteiger partial charge is 0.207 e. The Balaban J connectivity index is 2.28. The molecule has 2 atom stereocenters. The van der Waals surface area contributed by atoms with Crippen molar-refractivity contribution in [1.29, 1.82) is 0 Å². The molecule has 110 valence electrons. The van der Waals surface area contributed by atoms with Gasteiger partial charge in [0.1, 0.15) is 5.75 Å². The Morgan fingerprint density at radius 1 is 1.14 bits per heavy atom. The van der Waals surface area contributed by atoms with Crippen LogP contribution in [-0.4, -0.2) is 24.3 Å². The molecule has 0 aliphatic carbocycles. The Morgan fingerprint density at radius 3 is 2.38 bits per heavy atom. The number of hydrogen-bond donors (Lipinski definition) is 1. The molecule has 1 N–H and O–H groups in total. The summed E-state index contributed by atoms with van der Waals surface area (Å²) >= 11 is 0. The summed E-state index contributed by atoms with van der Waals surface area (Å²) in [5.74, 6) is 0.742. The fourth-order valence-electron chi connectivity index (χ4n) is 2.01. The number of carbonyl (C=O) groups excluding carboxylic acids is 1. The van der Waals surface area contributed by atoms with Crippen LogP contribution in [-0.2, 0) is 15.6 Å². The largest absolute Gasteiger partial charge is 0.497 e. The molecule has 0 radical (unpaired) electrons. The van der Waals surface area contributed by atoms with Crippen molar-refractivity contribution in [3.63, 3.8) is 0 Å². The predicted octanol–water partition coefficient (Wildman–Crippen LogP) is 2.29. The number of carbonyl (C=O) groups is 1. The van der Waals surface area contributed by atoms with Crippen LogP contribution in [0.3, 0.4) is 0 Å². The summed E-state index contributed by atoms with van der Waals surface area (Å²) in [5.41, 5.74) is 0.896. The molecule has 0 aliphatic heterocycles. The third-order valence-electron chi connectivity index (χ3n) is 3.11. The first-order chi connectivity index (χ1) is 10.3. The van der Waals surface area contributed by atoms with E-state index in [2.05, 4.69) is 5.32 Å². The van der Waals surface area contributed by atoms with Crippen LogP contribution in [0.1, 0.15) is 10.8 Å². The van der Waals surface area contributed by atoms with Gasteiger partial charge in [-0.3, -0.25) is 9.00 Å². The lowest BCUT2D eigenvalue weighted by molar-refractivity contribution is -0.109. The fraction of sp³-hybridized carbons (Fsp3) is 0.188. The van der Waals surface area contributed by atoms with Crippen molar-refractivity contribution in [2.24, 2.45) is 0 Å². The van der Waals surface area contributed by atoms with Crippen LogP contribution in [0.15, 0.2) is 59.5 Å². The molecule has 0 spiro atoms. The Labute approximate surface area is 126 Å². The highest BCUT2D eigenvalue weighted by Crippen LogP contribution is 2.26. The maximum Gasteiger partial charge on any atom is 0.207 e. The van der Waals surface area contributed by atoms with Crippen molar-refractivity contribution >= 4 is 17.2 Å². The zero-order valence-corrected chi connectivity index (χ0v) is 12.5. The Morgan fingerprint density at radius 2 is 1.81 bits per heavy atom. The lowest BCUT2D eigenvalue weighted by atomic mass is 10.1. The molecule has 2 unspecified atom stereocenters. The van der Waals surface area contributed by atoms with Crippen LogP contribution in [0, 0.1) is 0 Å². The van der Waals surface area contributed by atoms with E-state index in [1.54, 1.807) is 7.11 Å². The van der Waals surface area contributed by atoms with E-state index < -0.39 is 10.8 Å². The standard InChI is InChI=1S/C16H17NO3S/c1-20-14-9-7-13(8-10-14)16(11-17-12-18)21(19)15-5-3-2-4-6-15/h2-10,12,16H,11H2,1H3,(H,17,18). The van der Waals surface area contributed by atoms with Gasteiger partial charge < -0.3 is 10.1 Å². The van der Waals surface area contributed by atoms with Crippen molar-refractivity contribution in [3.8, 4) is 5.75 Å². The molecule has 0 bridgehead atoms. The van der Waals surface area contributed by atoms with Crippen LogP contribution < -0.4 is 10.1 Å². The molecule has 4 nitrogen and oxygen atoms in total. The summed E-state index contributed by atoms with van der Waals surface area (Å²) in [4.78, 5) is 11.3. The van der Waals surface area contributed by atoms with E-state index in [4.69, 9.17) is 4.74 Å². The zero-order chi connectivity index (χ0) is 15.1. The summed E-state index contributed by atoms with van der Waals surface area (Å²) in [5, 5.41) is 2.32. The van der Waals surface area contributed by atoms with Gasteiger partial charge in [0.15, 0.2) is 0 Å². The molecule has 0 aliphatic rings. The number of benzene rings is 2. The van der Waals surface area contributed by atoms with Crippen LogP contribution in [0.4, 0.5) is 0 Å². The molecule has 21 heavy (non-hydrogen) atoms. The molecule has 0 aromatic heterocycles. The van der Waals surface area contributed by atoms with Crippen LogP contribution >= 0.6 is 0 Å². The highest BCUT2D eigenvalue weighted by molar-refractivity contribution is 7.85. The van der Waals surface area contributed by atoms with E-state index >= 15 is 0 Å². The summed E-state index contributed by atoms with van der Waals surface area (Å²) in [7, 11) is 0.355. The predicted molar refractivity (Wildman–Crippen MR) is 82.7 cm³/mol. The zero-order valence-electron chi connectivity index (χ0n) is 11.7. The number of methoxy groups -OCH3 is 1. The molecule has 0 fully saturated rings.